The van der Waals surface area contributed by atoms with Crippen molar-refractivity contribution < 1.29 is 23.1 Å². The minimum atomic E-state index is -4.70. The van der Waals surface area contributed by atoms with E-state index in [2.05, 4.69) is 15.0 Å². The molecule has 3 aromatic heterocycles. The molecule has 3 aromatic rings. The predicted octanol–water partition coefficient (Wildman–Crippen LogP) is 3.19. The number of pyridine rings is 1. The minimum Gasteiger partial charge on any atom is -0.478 e. The molecule has 0 atom stereocenters. The number of aromatic carboxylic acids is 1. The molecule has 0 spiro atoms. The van der Waals surface area contributed by atoms with E-state index < -0.39 is 23.1 Å². The summed E-state index contributed by atoms with van der Waals surface area (Å²) in [5.74, 6) is -1.31. The normalized spacial score (nSPS) is 11.8. The van der Waals surface area contributed by atoms with Crippen LogP contribution in [0.4, 0.5) is 13.2 Å². The first kappa shape index (κ1) is 15.2. The van der Waals surface area contributed by atoms with Crippen LogP contribution in [0.3, 0.4) is 0 Å². The highest BCUT2D eigenvalue weighted by Crippen LogP contribution is 2.39. The lowest BCUT2D eigenvalue weighted by Crippen LogP contribution is -2.06. The van der Waals surface area contributed by atoms with Crippen molar-refractivity contribution in [2.75, 3.05) is 0 Å². The number of halogens is 4. The van der Waals surface area contributed by atoms with E-state index in [-0.39, 0.29) is 22.1 Å². The SMILES string of the molecule is O=C(O)c1ccncc1-n1cc(C(F)(F)F)c2c(Cl)ncnc21. The number of hydrogen-bond acceptors (Lipinski definition) is 4. The van der Waals surface area contributed by atoms with Crippen molar-refractivity contribution in [1.82, 2.24) is 19.5 Å². The van der Waals surface area contributed by atoms with Crippen LogP contribution in [0, 0.1) is 0 Å². The molecule has 0 saturated heterocycles. The third-order valence-corrected chi connectivity index (χ3v) is 3.42. The molecule has 0 radical (unpaired) electrons. The van der Waals surface area contributed by atoms with Gasteiger partial charge in [0.2, 0.25) is 0 Å². The maximum atomic E-state index is 13.2. The summed E-state index contributed by atoms with van der Waals surface area (Å²) in [7, 11) is 0. The Kier molecular flexibility index (Phi) is 3.44. The topological polar surface area (TPSA) is 80.9 Å². The van der Waals surface area contributed by atoms with Gasteiger partial charge in [-0.25, -0.2) is 14.8 Å². The van der Waals surface area contributed by atoms with Gasteiger partial charge in [-0.05, 0) is 6.07 Å². The summed E-state index contributed by atoms with van der Waals surface area (Å²) < 4.78 is 40.7. The summed E-state index contributed by atoms with van der Waals surface area (Å²) in [6, 6.07) is 1.18. The summed E-state index contributed by atoms with van der Waals surface area (Å²) in [5.41, 5.74) is -1.50. The zero-order valence-electron chi connectivity index (χ0n) is 11.0. The van der Waals surface area contributed by atoms with Crippen molar-refractivity contribution in [3.63, 3.8) is 0 Å². The Balaban J connectivity index is 2.41. The standard InChI is InChI=1S/C13H6ClF3N4O2/c14-10-9-7(13(15,16)17)4-21(11(9)20-5-19-10)8-3-18-2-1-6(8)12(22)23/h1-5H,(H,22,23). The molecule has 0 aliphatic heterocycles. The van der Waals surface area contributed by atoms with Gasteiger partial charge in [-0.15, -0.1) is 0 Å². The number of fused-ring (bicyclic) bond motifs is 1. The maximum Gasteiger partial charge on any atom is 0.418 e. The minimum absolute atomic E-state index is 0.0599. The summed E-state index contributed by atoms with van der Waals surface area (Å²) in [6.45, 7) is 0. The Morgan fingerprint density at radius 2 is 2.04 bits per heavy atom. The van der Waals surface area contributed by atoms with Crippen molar-refractivity contribution in [3.8, 4) is 5.69 Å². The number of hydrogen-bond donors (Lipinski definition) is 1. The molecule has 0 fully saturated rings. The predicted molar refractivity (Wildman–Crippen MR) is 73.6 cm³/mol. The zero-order chi connectivity index (χ0) is 16.8. The van der Waals surface area contributed by atoms with E-state index in [1.54, 1.807) is 0 Å². The lowest BCUT2D eigenvalue weighted by molar-refractivity contribution is -0.136. The molecule has 3 rings (SSSR count). The lowest BCUT2D eigenvalue weighted by atomic mass is 10.2. The van der Waals surface area contributed by atoms with Gasteiger partial charge in [0, 0.05) is 12.4 Å². The first-order valence-electron chi connectivity index (χ1n) is 6.07. The van der Waals surface area contributed by atoms with E-state index in [9.17, 15) is 23.1 Å². The second-order valence-corrected chi connectivity index (χ2v) is 4.83. The van der Waals surface area contributed by atoms with Crippen LogP contribution in [0.1, 0.15) is 15.9 Å². The van der Waals surface area contributed by atoms with E-state index >= 15 is 0 Å². The van der Waals surface area contributed by atoms with Crippen molar-refractivity contribution in [2.24, 2.45) is 0 Å². The largest absolute Gasteiger partial charge is 0.478 e. The van der Waals surface area contributed by atoms with Crippen molar-refractivity contribution in [1.29, 1.82) is 0 Å². The fraction of sp³-hybridized carbons (Fsp3) is 0.0769. The van der Waals surface area contributed by atoms with Crippen LogP contribution in [0.25, 0.3) is 16.7 Å². The Hall–Kier alpha value is -2.68. The maximum absolute atomic E-state index is 13.2. The van der Waals surface area contributed by atoms with Gasteiger partial charge in [-0.3, -0.25) is 9.55 Å². The Morgan fingerprint density at radius 1 is 1.30 bits per heavy atom. The highest BCUT2D eigenvalue weighted by atomic mass is 35.5. The van der Waals surface area contributed by atoms with Gasteiger partial charge in [-0.1, -0.05) is 11.6 Å². The molecule has 23 heavy (non-hydrogen) atoms. The molecule has 1 N–H and O–H groups in total. The third-order valence-electron chi connectivity index (χ3n) is 3.13. The average Bonchev–Trinajstić information content (AvgIpc) is 2.88. The number of carboxylic acid groups (broad SMARTS) is 1. The third kappa shape index (κ3) is 2.48. The summed E-state index contributed by atoms with van der Waals surface area (Å²) in [4.78, 5) is 22.4. The van der Waals surface area contributed by atoms with Gasteiger partial charge in [0.25, 0.3) is 0 Å². The van der Waals surface area contributed by atoms with Crippen LogP contribution >= 0.6 is 11.6 Å². The fourth-order valence-corrected chi connectivity index (χ4v) is 2.41. The molecule has 3 heterocycles. The second-order valence-electron chi connectivity index (χ2n) is 4.47. The van der Waals surface area contributed by atoms with Crippen molar-refractivity contribution in [3.05, 3.63) is 47.3 Å². The molecule has 0 bridgehead atoms. The van der Waals surface area contributed by atoms with Crippen LogP contribution in [0.5, 0.6) is 0 Å². The van der Waals surface area contributed by atoms with Gasteiger partial charge in [0.15, 0.2) is 0 Å². The van der Waals surface area contributed by atoms with E-state index in [0.717, 1.165) is 23.3 Å². The average molecular weight is 343 g/mol. The Bertz CT molecular complexity index is 923. The second kappa shape index (κ2) is 5.20. The molecule has 0 aromatic carbocycles. The van der Waals surface area contributed by atoms with E-state index in [4.69, 9.17) is 11.6 Å². The number of rotatable bonds is 2. The molecule has 0 saturated carbocycles. The summed E-state index contributed by atoms with van der Waals surface area (Å²) in [6.07, 6.45) is -0.611. The first-order valence-corrected chi connectivity index (χ1v) is 6.45. The van der Waals surface area contributed by atoms with Gasteiger partial charge < -0.3 is 5.11 Å². The highest BCUT2D eigenvalue weighted by molar-refractivity contribution is 6.34. The zero-order valence-corrected chi connectivity index (χ0v) is 11.8. The molecular formula is C13H6ClF3N4O2. The quantitative estimate of drug-likeness (QED) is 0.723. The number of aromatic nitrogens is 4. The molecule has 6 nitrogen and oxygen atoms in total. The van der Waals surface area contributed by atoms with Crippen molar-refractivity contribution in [2.45, 2.75) is 6.18 Å². The highest BCUT2D eigenvalue weighted by Gasteiger charge is 2.36. The molecule has 0 amide bonds. The van der Waals surface area contributed by atoms with E-state index in [1.807, 2.05) is 0 Å². The van der Waals surface area contributed by atoms with Crippen LogP contribution in [-0.2, 0) is 6.18 Å². The molecule has 118 valence electrons. The van der Waals surface area contributed by atoms with Crippen LogP contribution in [0.15, 0.2) is 31.0 Å². The number of alkyl halides is 3. The molecule has 10 heteroatoms. The van der Waals surface area contributed by atoms with Crippen LogP contribution in [0.2, 0.25) is 5.15 Å². The first-order chi connectivity index (χ1) is 10.8. The fourth-order valence-electron chi connectivity index (χ4n) is 2.18. The molecular weight excluding hydrogens is 337 g/mol. The van der Waals surface area contributed by atoms with Gasteiger partial charge in [-0.2, -0.15) is 13.2 Å². The number of carbonyl (C=O) groups is 1. The van der Waals surface area contributed by atoms with Gasteiger partial charge >= 0.3 is 12.1 Å². The van der Waals surface area contributed by atoms with Crippen molar-refractivity contribution >= 4 is 28.6 Å². The Labute approximate surface area is 131 Å². The summed E-state index contributed by atoms with van der Waals surface area (Å²) >= 11 is 5.77. The molecule has 0 aliphatic rings. The van der Waals surface area contributed by atoms with E-state index in [1.165, 1.54) is 12.3 Å². The summed E-state index contributed by atoms with van der Waals surface area (Å²) in [5, 5.41) is 8.42. The van der Waals surface area contributed by atoms with Gasteiger partial charge in [0.1, 0.15) is 17.1 Å². The number of carboxylic acids is 1. The smallest absolute Gasteiger partial charge is 0.418 e. The number of nitrogens with zero attached hydrogens (tertiary/aromatic N) is 4. The van der Waals surface area contributed by atoms with Crippen LogP contribution < -0.4 is 0 Å². The monoisotopic (exact) mass is 342 g/mol. The Morgan fingerprint density at radius 3 is 2.70 bits per heavy atom. The lowest BCUT2D eigenvalue weighted by Gasteiger charge is -2.07. The molecule has 0 unspecified atom stereocenters. The van der Waals surface area contributed by atoms with E-state index in [0.29, 0.717) is 0 Å². The van der Waals surface area contributed by atoms with Crippen LogP contribution in [-0.4, -0.2) is 30.6 Å². The van der Waals surface area contributed by atoms with Gasteiger partial charge in [0.05, 0.1) is 28.4 Å². The molecule has 0 aliphatic carbocycles.